The van der Waals surface area contributed by atoms with Gasteiger partial charge in [0.25, 0.3) is 0 Å². The first kappa shape index (κ1) is 14.4. The average molecular weight is 266 g/mol. The highest BCUT2D eigenvalue weighted by molar-refractivity contribution is 7.80. The van der Waals surface area contributed by atoms with E-state index in [1.165, 1.54) is 7.11 Å². The van der Waals surface area contributed by atoms with Gasteiger partial charge in [0.15, 0.2) is 5.11 Å². The fourth-order valence-corrected chi connectivity index (χ4v) is 1.52. The SMILES string of the molecule is COC(=O)c1cccc(NC(=S)NCC(C)C)c1. The topological polar surface area (TPSA) is 50.4 Å². The molecule has 1 aromatic carbocycles. The minimum atomic E-state index is -0.361. The van der Waals surface area contributed by atoms with Crippen molar-refractivity contribution in [3.05, 3.63) is 29.8 Å². The number of methoxy groups -OCH3 is 1. The molecule has 1 rings (SSSR count). The molecule has 0 unspecified atom stereocenters. The Morgan fingerprint density at radius 3 is 2.78 bits per heavy atom. The number of benzene rings is 1. The molecule has 0 spiro atoms. The van der Waals surface area contributed by atoms with Gasteiger partial charge in [-0.2, -0.15) is 0 Å². The molecule has 18 heavy (non-hydrogen) atoms. The number of hydrogen-bond donors (Lipinski definition) is 2. The number of carbonyl (C=O) groups excluding carboxylic acids is 1. The zero-order chi connectivity index (χ0) is 13.5. The Morgan fingerprint density at radius 2 is 2.17 bits per heavy atom. The molecule has 0 radical (unpaired) electrons. The Labute approximate surface area is 113 Å². The van der Waals surface area contributed by atoms with Gasteiger partial charge in [-0.15, -0.1) is 0 Å². The second-order valence-corrected chi connectivity index (χ2v) is 4.71. The quantitative estimate of drug-likeness (QED) is 0.647. The molecule has 0 amide bonds. The Hall–Kier alpha value is -1.62. The zero-order valence-electron chi connectivity index (χ0n) is 10.8. The summed E-state index contributed by atoms with van der Waals surface area (Å²) in [4.78, 5) is 11.4. The van der Waals surface area contributed by atoms with Gasteiger partial charge in [-0.25, -0.2) is 4.79 Å². The van der Waals surface area contributed by atoms with Crippen molar-refractivity contribution in [3.8, 4) is 0 Å². The maximum absolute atomic E-state index is 11.4. The first-order valence-electron chi connectivity index (χ1n) is 5.76. The lowest BCUT2D eigenvalue weighted by Gasteiger charge is -2.12. The predicted molar refractivity (Wildman–Crippen MR) is 76.8 cm³/mol. The second-order valence-electron chi connectivity index (χ2n) is 4.30. The lowest BCUT2D eigenvalue weighted by molar-refractivity contribution is 0.0601. The summed E-state index contributed by atoms with van der Waals surface area (Å²) in [7, 11) is 1.36. The third-order valence-electron chi connectivity index (χ3n) is 2.21. The van der Waals surface area contributed by atoms with E-state index >= 15 is 0 Å². The zero-order valence-corrected chi connectivity index (χ0v) is 11.6. The van der Waals surface area contributed by atoms with Crippen molar-refractivity contribution in [3.63, 3.8) is 0 Å². The highest BCUT2D eigenvalue weighted by Crippen LogP contribution is 2.11. The fourth-order valence-electron chi connectivity index (χ4n) is 1.31. The van der Waals surface area contributed by atoms with Crippen LogP contribution in [0.1, 0.15) is 24.2 Å². The van der Waals surface area contributed by atoms with Gasteiger partial charge in [-0.05, 0) is 36.3 Å². The fraction of sp³-hybridized carbons (Fsp3) is 0.385. The lowest BCUT2D eigenvalue weighted by Crippen LogP contribution is -2.31. The van der Waals surface area contributed by atoms with E-state index in [2.05, 4.69) is 29.2 Å². The van der Waals surface area contributed by atoms with Crippen LogP contribution < -0.4 is 10.6 Å². The van der Waals surface area contributed by atoms with Crippen molar-refractivity contribution in [2.75, 3.05) is 19.0 Å². The smallest absolute Gasteiger partial charge is 0.337 e. The van der Waals surface area contributed by atoms with Gasteiger partial charge in [0.2, 0.25) is 0 Å². The van der Waals surface area contributed by atoms with Crippen LogP contribution >= 0.6 is 12.2 Å². The second kappa shape index (κ2) is 6.96. The molecule has 0 aliphatic heterocycles. The standard InChI is InChI=1S/C13H18N2O2S/c1-9(2)8-14-13(18)15-11-6-4-5-10(7-11)12(16)17-3/h4-7,9H,8H2,1-3H3,(H2,14,15,18). The van der Waals surface area contributed by atoms with E-state index in [9.17, 15) is 4.79 Å². The lowest BCUT2D eigenvalue weighted by atomic mass is 10.2. The molecular weight excluding hydrogens is 248 g/mol. The summed E-state index contributed by atoms with van der Waals surface area (Å²) < 4.78 is 4.66. The van der Waals surface area contributed by atoms with Crippen LogP contribution in [-0.2, 0) is 4.74 Å². The van der Waals surface area contributed by atoms with Crippen molar-refractivity contribution in [1.29, 1.82) is 0 Å². The summed E-state index contributed by atoms with van der Waals surface area (Å²) >= 11 is 5.15. The van der Waals surface area contributed by atoms with Crippen molar-refractivity contribution in [2.24, 2.45) is 5.92 Å². The molecule has 0 aromatic heterocycles. The molecule has 0 bridgehead atoms. The van der Waals surface area contributed by atoms with Gasteiger partial charge in [0.1, 0.15) is 0 Å². The van der Waals surface area contributed by atoms with Gasteiger partial charge in [0.05, 0.1) is 12.7 Å². The van der Waals surface area contributed by atoms with Crippen molar-refractivity contribution in [2.45, 2.75) is 13.8 Å². The minimum Gasteiger partial charge on any atom is -0.465 e. The van der Waals surface area contributed by atoms with Crippen LogP contribution in [0.25, 0.3) is 0 Å². The highest BCUT2D eigenvalue weighted by atomic mass is 32.1. The molecule has 2 N–H and O–H groups in total. The number of rotatable bonds is 4. The maximum atomic E-state index is 11.4. The molecule has 0 aliphatic carbocycles. The highest BCUT2D eigenvalue weighted by Gasteiger charge is 2.06. The molecule has 1 aromatic rings. The third kappa shape index (κ3) is 4.71. The predicted octanol–water partition coefficient (Wildman–Crippen LogP) is 2.42. The Morgan fingerprint density at radius 1 is 1.44 bits per heavy atom. The number of hydrogen-bond acceptors (Lipinski definition) is 3. The molecule has 4 nitrogen and oxygen atoms in total. The summed E-state index contributed by atoms with van der Waals surface area (Å²) in [6.45, 7) is 5.02. The van der Waals surface area contributed by atoms with E-state index in [1.54, 1.807) is 18.2 Å². The molecule has 5 heteroatoms. The number of ether oxygens (including phenoxy) is 1. The van der Waals surface area contributed by atoms with Gasteiger partial charge >= 0.3 is 5.97 Å². The third-order valence-corrected chi connectivity index (χ3v) is 2.46. The van der Waals surface area contributed by atoms with Crippen LogP contribution in [0.3, 0.4) is 0 Å². The Bertz CT molecular complexity index is 433. The Balaban J connectivity index is 2.62. The number of esters is 1. The van der Waals surface area contributed by atoms with Crippen LogP contribution in [-0.4, -0.2) is 24.7 Å². The van der Waals surface area contributed by atoms with Crippen molar-refractivity contribution < 1.29 is 9.53 Å². The number of thiocarbonyl (C=S) groups is 1. The van der Waals surface area contributed by atoms with Crippen molar-refractivity contribution in [1.82, 2.24) is 5.32 Å². The minimum absolute atomic E-state index is 0.361. The van der Waals surface area contributed by atoms with E-state index in [4.69, 9.17) is 12.2 Å². The number of carbonyl (C=O) groups is 1. The number of anilines is 1. The summed E-state index contributed by atoms with van der Waals surface area (Å²) in [5.74, 6) is 0.158. The largest absolute Gasteiger partial charge is 0.465 e. The molecule has 98 valence electrons. The molecule has 0 heterocycles. The summed E-state index contributed by atoms with van der Waals surface area (Å²) in [6, 6.07) is 7.02. The van der Waals surface area contributed by atoms with E-state index in [0.29, 0.717) is 16.6 Å². The molecule has 0 saturated heterocycles. The van der Waals surface area contributed by atoms with Crippen LogP contribution in [0, 0.1) is 5.92 Å². The van der Waals surface area contributed by atoms with Crippen molar-refractivity contribution >= 4 is 29.0 Å². The van der Waals surface area contributed by atoms with Crippen LogP contribution in [0.15, 0.2) is 24.3 Å². The van der Waals surface area contributed by atoms with E-state index in [-0.39, 0.29) is 5.97 Å². The van der Waals surface area contributed by atoms with Gasteiger partial charge in [0, 0.05) is 12.2 Å². The summed E-state index contributed by atoms with van der Waals surface area (Å²) in [6.07, 6.45) is 0. The normalized spacial score (nSPS) is 10.0. The summed E-state index contributed by atoms with van der Waals surface area (Å²) in [5.41, 5.74) is 1.26. The van der Waals surface area contributed by atoms with Crippen LogP contribution in [0.2, 0.25) is 0 Å². The van der Waals surface area contributed by atoms with Gasteiger partial charge in [-0.3, -0.25) is 0 Å². The monoisotopic (exact) mass is 266 g/mol. The number of nitrogens with one attached hydrogen (secondary N) is 2. The molecular formula is C13H18N2O2S. The molecule has 0 aliphatic rings. The first-order chi connectivity index (χ1) is 8.52. The molecule has 0 atom stereocenters. The van der Waals surface area contributed by atoms with Gasteiger partial charge < -0.3 is 15.4 Å². The average Bonchev–Trinajstić information content (AvgIpc) is 2.35. The van der Waals surface area contributed by atoms with Crippen LogP contribution in [0.5, 0.6) is 0 Å². The maximum Gasteiger partial charge on any atom is 0.337 e. The van der Waals surface area contributed by atoms with E-state index in [0.717, 1.165) is 12.2 Å². The Kier molecular flexibility index (Phi) is 5.58. The van der Waals surface area contributed by atoms with E-state index in [1.807, 2.05) is 6.07 Å². The van der Waals surface area contributed by atoms with Crippen LogP contribution in [0.4, 0.5) is 5.69 Å². The first-order valence-corrected chi connectivity index (χ1v) is 6.17. The van der Waals surface area contributed by atoms with Gasteiger partial charge in [-0.1, -0.05) is 19.9 Å². The molecule has 0 saturated carbocycles. The van der Waals surface area contributed by atoms with E-state index < -0.39 is 0 Å². The summed E-state index contributed by atoms with van der Waals surface area (Å²) in [5, 5.41) is 6.67. The molecule has 0 fully saturated rings.